The predicted molar refractivity (Wildman–Crippen MR) is 233 cm³/mol. The van der Waals surface area contributed by atoms with Gasteiger partial charge in [0.2, 0.25) is 0 Å². The second-order valence-corrected chi connectivity index (χ2v) is 17.3. The van der Waals surface area contributed by atoms with Gasteiger partial charge in [-0.3, -0.25) is 9.98 Å². The van der Waals surface area contributed by atoms with Crippen LogP contribution in [-0.2, 0) is 31.9 Å². The van der Waals surface area contributed by atoms with Crippen LogP contribution in [0.5, 0.6) is 0 Å². The number of furan rings is 1. The van der Waals surface area contributed by atoms with Gasteiger partial charge in [-0.05, 0) is 93.0 Å². The van der Waals surface area contributed by atoms with E-state index in [4.69, 9.17) is 14.4 Å². The maximum absolute atomic E-state index is 10.4. The maximum atomic E-state index is 10.4. The largest absolute Gasteiger partial charge is 0.512 e. The zero-order valence-corrected chi connectivity index (χ0v) is 38.1. The van der Waals surface area contributed by atoms with E-state index >= 15 is 0 Å². The van der Waals surface area contributed by atoms with E-state index in [0.29, 0.717) is 23.6 Å². The van der Waals surface area contributed by atoms with E-state index < -0.39 is 0 Å². The number of aromatic nitrogens is 1. The minimum Gasteiger partial charge on any atom is -0.512 e. The number of nitrogens with zero attached hydrogens (tertiary/aromatic N) is 2. The number of aliphatic imine (C=N–C) groups is 1. The van der Waals surface area contributed by atoms with Gasteiger partial charge in [-0.2, -0.15) is 0 Å². The fourth-order valence-corrected chi connectivity index (χ4v) is 8.36. The van der Waals surface area contributed by atoms with Crippen molar-refractivity contribution in [2.75, 3.05) is 0 Å². The number of pyridine rings is 1. The van der Waals surface area contributed by atoms with Crippen LogP contribution in [-0.4, -0.2) is 21.8 Å². The number of benzene rings is 3. The first-order valence-electron chi connectivity index (χ1n) is 21.0. The van der Waals surface area contributed by atoms with E-state index in [1.165, 1.54) is 54.2 Å². The van der Waals surface area contributed by atoms with Crippen LogP contribution in [0.3, 0.4) is 0 Å². The first-order chi connectivity index (χ1) is 25.8. The Hall–Kier alpha value is -3.27. The number of rotatable bonds is 11. The van der Waals surface area contributed by atoms with Crippen molar-refractivity contribution in [2.45, 2.75) is 152 Å². The molecule has 0 saturated heterocycles. The summed E-state index contributed by atoms with van der Waals surface area (Å²) in [6.07, 6.45) is 13.6. The molecule has 5 aromatic rings. The Morgan fingerprint density at radius 3 is 2.18 bits per heavy atom. The van der Waals surface area contributed by atoms with E-state index in [1.54, 1.807) is 0 Å². The van der Waals surface area contributed by atoms with Gasteiger partial charge in [-0.25, -0.2) is 0 Å². The third-order valence-electron chi connectivity index (χ3n) is 11.4. The fraction of sp³-hybridized carbons (Fsp3) is 0.520. The third kappa shape index (κ3) is 10.8. The molecule has 2 aromatic heterocycles. The molecule has 0 amide bonds. The average molecular weight is 920 g/mol. The molecule has 0 unspecified atom stereocenters. The molecule has 2 heterocycles. The number of hydrogen-bond donors (Lipinski definition) is 1. The van der Waals surface area contributed by atoms with E-state index in [1.807, 2.05) is 6.08 Å². The Morgan fingerprint density at radius 2 is 1.56 bits per heavy atom. The first-order valence-corrected chi connectivity index (χ1v) is 21.0. The van der Waals surface area contributed by atoms with Crippen LogP contribution >= 0.6 is 0 Å². The van der Waals surface area contributed by atoms with Gasteiger partial charge in [0.15, 0.2) is 0 Å². The Morgan fingerprint density at radius 1 is 0.909 bits per heavy atom. The number of fused-ring (bicyclic) bond motifs is 4. The van der Waals surface area contributed by atoms with Crippen LogP contribution < -0.4 is 0 Å². The molecule has 1 aliphatic carbocycles. The predicted octanol–water partition coefficient (Wildman–Crippen LogP) is 14.8. The monoisotopic (exact) mass is 920 g/mol. The summed E-state index contributed by atoms with van der Waals surface area (Å²) in [5.74, 6) is 2.87. The summed E-state index contributed by atoms with van der Waals surface area (Å²) in [6.45, 7) is 24.3. The molecular weight excluding hydrogens is 853 g/mol. The van der Waals surface area contributed by atoms with Gasteiger partial charge in [-0.15, -0.1) is 29.1 Å². The van der Waals surface area contributed by atoms with Gasteiger partial charge in [0.1, 0.15) is 11.3 Å². The Labute approximate surface area is 346 Å². The van der Waals surface area contributed by atoms with Crippen LogP contribution in [0, 0.1) is 37.7 Å². The van der Waals surface area contributed by atoms with Gasteiger partial charge in [0, 0.05) is 60.5 Å². The molecule has 1 fully saturated rings. The Kier molecular flexibility index (Phi) is 15.9. The van der Waals surface area contributed by atoms with E-state index in [9.17, 15) is 5.11 Å². The molecule has 1 N–H and O–H groups in total. The number of aliphatic hydroxyl groups is 1. The second-order valence-electron chi connectivity index (χ2n) is 17.3. The van der Waals surface area contributed by atoms with E-state index in [-0.39, 0.29) is 31.4 Å². The molecule has 299 valence electrons. The van der Waals surface area contributed by atoms with Gasteiger partial charge >= 0.3 is 0 Å². The summed E-state index contributed by atoms with van der Waals surface area (Å²) < 4.78 is 6.51. The van der Waals surface area contributed by atoms with Crippen molar-refractivity contribution in [1.82, 2.24) is 4.98 Å². The van der Waals surface area contributed by atoms with Crippen molar-refractivity contribution < 1.29 is 29.6 Å². The summed E-state index contributed by atoms with van der Waals surface area (Å²) in [7, 11) is 0. The average Bonchev–Trinajstić information content (AvgIpc) is 3.54. The molecule has 5 heteroatoms. The summed E-state index contributed by atoms with van der Waals surface area (Å²) >= 11 is 0. The molecular formula is C50H67IrN2O2-. The maximum Gasteiger partial charge on any atom is 0.138 e. The van der Waals surface area contributed by atoms with E-state index in [0.717, 1.165) is 82.1 Å². The summed E-state index contributed by atoms with van der Waals surface area (Å²) in [6, 6.07) is 21.6. The zero-order valence-electron chi connectivity index (χ0n) is 35.7. The van der Waals surface area contributed by atoms with Crippen LogP contribution in [0.25, 0.3) is 43.9 Å². The van der Waals surface area contributed by atoms with E-state index in [2.05, 4.69) is 131 Å². The normalized spacial score (nSPS) is 14.7. The van der Waals surface area contributed by atoms with Crippen molar-refractivity contribution in [3.63, 3.8) is 0 Å². The number of hydrogen-bond acceptors (Lipinski definition) is 4. The molecule has 3 aromatic carbocycles. The van der Waals surface area contributed by atoms with Crippen molar-refractivity contribution in [1.29, 1.82) is 0 Å². The zero-order chi connectivity index (χ0) is 39.2. The second kappa shape index (κ2) is 19.7. The summed E-state index contributed by atoms with van der Waals surface area (Å²) in [4.78, 5) is 10.3. The summed E-state index contributed by atoms with van der Waals surface area (Å²) in [5.41, 5.74) is 8.80. The molecule has 0 atom stereocenters. The molecule has 1 saturated carbocycles. The van der Waals surface area contributed by atoms with Crippen molar-refractivity contribution in [3.05, 3.63) is 88.9 Å². The quantitative estimate of drug-likeness (QED) is 0.0816. The summed E-state index contributed by atoms with van der Waals surface area (Å²) in [5, 5.41) is 15.0. The Balaban J connectivity index is 0.000000267. The van der Waals surface area contributed by atoms with Crippen molar-refractivity contribution in [3.8, 4) is 11.3 Å². The van der Waals surface area contributed by atoms with Crippen LogP contribution in [0.2, 0.25) is 0 Å². The van der Waals surface area contributed by atoms with Gasteiger partial charge in [0.25, 0.3) is 0 Å². The van der Waals surface area contributed by atoms with Crippen molar-refractivity contribution >= 4 is 38.4 Å². The first kappa shape index (κ1) is 44.4. The Bertz CT molecular complexity index is 2080. The molecule has 1 aliphatic rings. The molecule has 1 radical (unpaired) electrons. The molecule has 0 bridgehead atoms. The number of aryl methyl sites for hydroxylation is 2. The molecule has 6 rings (SSSR count). The topological polar surface area (TPSA) is 58.6 Å². The standard InChI is InChI=1S/C31H32NO.C19H35NO.Ir/c1-18(2)12-23-17-25-29(32-27-14-19(3)13-20(4)28(27)30(25)33-23)22-15-21-10-8-9-11-24(21)26(16-22)31(5,6)7;1-5-15(6-2)18(14-19(21)16(7-3)8-4)20-17-12-10-9-11-13-17;/h8-11,13-14,16-18H,12H2,1-7H3;14-17,21H,5-13H2,1-4H3;/q-1;;/b;19-14-,20-18?;. The molecule has 55 heavy (non-hydrogen) atoms. The number of allylic oxidation sites excluding steroid dienone is 2. The molecule has 4 nitrogen and oxygen atoms in total. The van der Waals surface area contributed by atoms with Crippen LogP contribution in [0.15, 0.2) is 69.8 Å². The molecule has 0 aliphatic heterocycles. The molecule has 0 spiro atoms. The third-order valence-corrected chi connectivity index (χ3v) is 11.4. The minimum atomic E-state index is 0. The number of aliphatic hydroxyl groups excluding tert-OH is 1. The minimum absolute atomic E-state index is 0. The van der Waals surface area contributed by atoms with Gasteiger partial charge in [-0.1, -0.05) is 117 Å². The van der Waals surface area contributed by atoms with Gasteiger partial charge < -0.3 is 9.52 Å². The van der Waals surface area contributed by atoms with Crippen molar-refractivity contribution in [2.24, 2.45) is 22.7 Å². The smallest absolute Gasteiger partial charge is 0.138 e. The SMILES string of the molecule is CCC(CC)C(/C=C(\O)C(CC)CC)=NC1CCCCC1.Cc1cc(C)c2c(c1)nc(-c1[c-]c3ccccc3c(C(C)(C)C)c1)c1cc(CC(C)C)oc12.[Ir]. The fourth-order valence-electron chi connectivity index (χ4n) is 8.36. The van der Waals surface area contributed by atoms with Gasteiger partial charge in [0.05, 0.1) is 17.3 Å². The van der Waals surface area contributed by atoms with Crippen LogP contribution in [0.1, 0.15) is 143 Å². The van der Waals surface area contributed by atoms with Crippen LogP contribution in [0.4, 0.5) is 0 Å².